The lowest BCUT2D eigenvalue weighted by atomic mass is 9.72. The highest BCUT2D eigenvalue weighted by molar-refractivity contribution is 6.05. The number of benzene rings is 1. The van der Waals surface area contributed by atoms with Gasteiger partial charge in [-0.15, -0.1) is 0 Å². The number of nitrogens with one attached hydrogen (secondary N) is 2. The maximum absolute atomic E-state index is 12.1. The van der Waals surface area contributed by atoms with Crippen LogP contribution in [0.5, 0.6) is 11.5 Å². The molecule has 0 radical (unpaired) electrons. The Morgan fingerprint density at radius 3 is 2.33 bits per heavy atom. The second-order valence-corrected chi connectivity index (χ2v) is 5.71. The number of ether oxygens (including phenoxy) is 2. The molecule has 2 amide bonds. The van der Waals surface area contributed by atoms with Crippen LogP contribution in [-0.2, 0) is 9.59 Å². The lowest BCUT2D eigenvalue weighted by Crippen LogP contribution is -2.72. The minimum Gasteiger partial charge on any atom is -0.497 e. The van der Waals surface area contributed by atoms with Gasteiger partial charge in [0.25, 0.3) is 0 Å². The summed E-state index contributed by atoms with van der Waals surface area (Å²) in [5.74, 6) is -0.0500. The standard InChI is InChI=1S/C15H18N2O4/c1-15-7-10(12(13(18)16-15)14(19)17-15)9-5-4-8(20-2)6-11(9)21-3/h4-6,10,12H,7H2,1-3H3,(H,16,18)(H,17,19)/t10-,12?,15?/m1/s1. The molecule has 1 aromatic rings. The molecule has 1 atom stereocenters. The van der Waals surface area contributed by atoms with Crippen molar-refractivity contribution in [2.75, 3.05) is 14.2 Å². The smallest absolute Gasteiger partial charge is 0.235 e. The summed E-state index contributed by atoms with van der Waals surface area (Å²) in [6.45, 7) is 1.82. The predicted octanol–water partition coefficient (Wildman–Crippen LogP) is 0.769. The third-order valence-electron chi connectivity index (χ3n) is 4.23. The first-order valence-electron chi connectivity index (χ1n) is 6.83. The Morgan fingerprint density at radius 2 is 1.81 bits per heavy atom. The van der Waals surface area contributed by atoms with Crippen LogP contribution in [0.25, 0.3) is 0 Å². The van der Waals surface area contributed by atoms with Gasteiger partial charge in [0, 0.05) is 12.0 Å². The largest absolute Gasteiger partial charge is 0.497 e. The van der Waals surface area contributed by atoms with Gasteiger partial charge in [-0.25, -0.2) is 0 Å². The Labute approximate surface area is 122 Å². The van der Waals surface area contributed by atoms with Crippen molar-refractivity contribution in [1.82, 2.24) is 10.6 Å². The minimum absolute atomic E-state index is 0.196. The molecule has 3 saturated heterocycles. The average Bonchev–Trinajstić information content (AvgIpc) is 2.44. The Bertz CT molecular complexity index is 596. The number of piperidine rings is 2. The quantitative estimate of drug-likeness (QED) is 0.806. The van der Waals surface area contributed by atoms with Gasteiger partial charge in [0.05, 0.1) is 14.2 Å². The van der Waals surface area contributed by atoms with Crippen molar-refractivity contribution >= 4 is 11.8 Å². The first kappa shape index (κ1) is 13.7. The van der Waals surface area contributed by atoms with Gasteiger partial charge in [0.2, 0.25) is 11.8 Å². The number of carbonyl (C=O) groups is 2. The summed E-state index contributed by atoms with van der Waals surface area (Å²) in [5.41, 5.74) is 0.164. The maximum atomic E-state index is 12.1. The molecule has 2 bridgehead atoms. The van der Waals surface area contributed by atoms with Gasteiger partial charge < -0.3 is 20.1 Å². The van der Waals surface area contributed by atoms with Gasteiger partial charge in [-0.05, 0) is 25.0 Å². The topological polar surface area (TPSA) is 76.7 Å². The van der Waals surface area contributed by atoms with Gasteiger partial charge in [0.1, 0.15) is 23.1 Å². The summed E-state index contributed by atoms with van der Waals surface area (Å²) in [6, 6.07) is 5.46. The molecule has 0 aliphatic carbocycles. The first-order valence-corrected chi connectivity index (χ1v) is 6.83. The van der Waals surface area contributed by atoms with Crippen LogP contribution in [0, 0.1) is 5.92 Å². The van der Waals surface area contributed by atoms with Crippen molar-refractivity contribution in [3.05, 3.63) is 23.8 Å². The van der Waals surface area contributed by atoms with Crippen LogP contribution in [0.1, 0.15) is 24.8 Å². The highest BCUT2D eigenvalue weighted by atomic mass is 16.5. The van der Waals surface area contributed by atoms with Crippen LogP contribution in [0.4, 0.5) is 0 Å². The number of methoxy groups -OCH3 is 2. The number of fused-ring (bicyclic) bond motifs is 3. The molecule has 4 rings (SSSR count). The van der Waals surface area contributed by atoms with Crippen LogP contribution >= 0.6 is 0 Å². The molecule has 0 spiro atoms. The summed E-state index contributed by atoms with van der Waals surface area (Å²) < 4.78 is 10.6. The Hall–Kier alpha value is -2.24. The van der Waals surface area contributed by atoms with E-state index >= 15 is 0 Å². The van der Waals surface area contributed by atoms with E-state index in [9.17, 15) is 9.59 Å². The normalized spacial score (nSPS) is 30.6. The van der Waals surface area contributed by atoms with Gasteiger partial charge >= 0.3 is 0 Å². The maximum Gasteiger partial charge on any atom is 0.235 e. The fourth-order valence-electron chi connectivity index (χ4n) is 3.29. The van der Waals surface area contributed by atoms with E-state index in [4.69, 9.17) is 9.47 Å². The molecule has 3 aliphatic heterocycles. The molecule has 0 saturated carbocycles. The highest BCUT2D eigenvalue weighted by Crippen LogP contribution is 2.44. The van der Waals surface area contributed by atoms with E-state index in [1.54, 1.807) is 20.3 Å². The van der Waals surface area contributed by atoms with Crippen LogP contribution in [-0.4, -0.2) is 31.7 Å². The zero-order chi connectivity index (χ0) is 15.2. The van der Waals surface area contributed by atoms with Crippen LogP contribution < -0.4 is 20.1 Å². The lowest BCUT2D eigenvalue weighted by molar-refractivity contribution is -0.149. The van der Waals surface area contributed by atoms with E-state index in [1.807, 2.05) is 19.1 Å². The number of hydrogen-bond donors (Lipinski definition) is 2. The molecular formula is C15H18N2O4. The van der Waals surface area contributed by atoms with Gasteiger partial charge in [0.15, 0.2) is 0 Å². The summed E-state index contributed by atoms with van der Waals surface area (Å²) >= 11 is 0. The average molecular weight is 290 g/mol. The van der Waals surface area contributed by atoms with Gasteiger partial charge in [-0.1, -0.05) is 6.07 Å². The van der Waals surface area contributed by atoms with E-state index in [1.165, 1.54) is 0 Å². The molecule has 21 heavy (non-hydrogen) atoms. The third-order valence-corrected chi connectivity index (χ3v) is 4.23. The molecule has 3 fully saturated rings. The zero-order valence-corrected chi connectivity index (χ0v) is 12.2. The van der Waals surface area contributed by atoms with E-state index in [0.717, 1.165) is 5.56 Å². The number of amides is 2. The minimum atomic E-state index is -0.714. The fraction of sp³-hybridized carbons (Fsp3) is 0.467. The van der Waals surface area contributed by atoms with Crippen molar-refractivity contribution in [2.24, 2.45) is 5.92 Å². The number of rotatable bonds is 3. The third kappa shape index (κ3) is 2.11. The Balaban J connectivity index is 2.04. The van der Waals surface area contributed by atoms with Crippen molar-refractivity contribution in [3.8, 4) is 11.5 Å². The SMILES string of the molecule is COc1ccc([C@H]2CC3(C)NC(=O)C2C(=O)N3)c(OC)c1. The molecule has 6 nitrogen and oxygen atoms in total. The number of hydrogen-bond acceptors (Lipinski definition) is 4. The summed E-state index contributed by atoms with van der Waals surface area (Å²) in [4.78, 5) is 24.3. The van der Waals surface area contributed by atoms with Crippen molar-refractivity contribution < 1.29 is 19.1 Å². The zero-order valence-electron chi connectivity index (χ0n) is 12.2. The van der Waals surface area contributed by atoms with E-state index in [-0.39, 0.29) is 17.7 Å². The van der Waals surface area contributed by atoms with Crippen LogP contribution in [0.15, 0.2) is 18.2 Å². The predicted molar refractivity (Wildman–Crippen MR) is 75.1 cm³/mol. The lowest BCUT2D eigenvalue weighted by Gasteiger charge is -2.48. The van der Waals surface area contributed by atoms with Gasteiger partial charge in [-0.3, -0.25) is 9.59 Å². The van der Waals surface area contributed by atoms with Crippen LogP contribution in [0.2, 0.25) is 0 Å². The Kier molecular flexibility index (Phi) is 3.04. The molecule has 112 valence electrons. The van der Waals surface area contributed by atoms with Crippen molar-refractivity contribution in [2.45, 2.75) is 24.9 Å². The molecule has 3 heterocycles. The molecule has 6 heteroatoms. The van der Waals surface area contributed by atoms with E-state index in [0.29, 0.717) is 17.9 Å². The van der Waals surface area contributed by atoms with Crippen molar-refractivity contribution in [3.63, 3.8) is 0 Å². The molecular weight excluding hydrogens is 272 g/mol. The molecule has 3 aliphatic rings. The van der Waals surface area contributed by atoms with E-state index in [2.05, 4.69) is 10.6 Å². The second-order valence-electron chi connectivity index (χ2n) is 5.71. The van der Waals surface area contributed by atoms with Crippen molar-refractivity contribution in [1.29, 1.82) is 0 Å². The summed E-state index contributed by atoms with van der Waals surface area (Å²) in [7, 11) is 3.15. The van der Waals surface area contributed by atoms with Crippen LogP contribution in [0.3, 0.4) is 0 Å². The van der Waals surface area contributed by atoms with Gasteiger partial charge in [-0.2, -0.15) is 0 Å². The van der Waals surface area contributed by atoms with E-state index < -0.39 is 11.6 Å². The molecule has 0 aromatic heterocycles. The molecule has 0 unspecified atom stereocenters. The highest BCUT2D eigenvalue weighted by Gasteiger charge is 2.53. The number of carbonyl (C=O) groups excluding carboxylic acids is 2. The molecule has 2 N–H and O–H groups in total. The summed E-state index contributed by atoms with van der Waals surface area (Å²) in [6.07, 6.45) is 0.637. The second kappa shape index (κ2) is 4.65. The molecule has 1 aromatic carbocycles. The monoisotopic (exact) mass is 290 g/mol. The fourth-order valence-corrected chi connectivity index (χ4v) is 3.29. The first-order chi connectivity index (χ1) is 9.97. The summed E-state index contributed by atoms with van der Waals surface area (Å²) in [5, 5.41) is 5.69. The Morgan fingerprint density at radius 1 is 1.14 bits per heavy atom.